The van der Waals surface area contributed by atoms with Crippen LogP contribution in [0.3, 0.4) is 0 Å². The van der Waals surface area contributed by atoms with Gasteiger partial charge in [-0.15, -0.1) is 35.3 Å². The Bertz CT molecular complexity index is 996. The fourth-order valence-corrected chi connectivity index (χ4v) is 3.48. The number of halogens is 1. The highest BCUT2D eigenvalue weighted by atomic mass is 127. The van der Waals surface area contributed by atoms with Crippen molar-refractivity contribution in [2.45, 2.75) is 40.3 Å². The van der Waals surface area contributed by atoms with Crippen LogP contribution in [0.15, 0.2) is 53.8 Å². The summed E-state index contributed by atoms with van der Waals surface area (Å²) in [6.07, 6.45) is 4.53. The highest BCUT2D eigenvalue weighted by Crippen LogP contribution is 2.32. The predicted octanol–water partition coefficient (Wildman–Crippen LogP) is 5.30. The van der Waals surface area contributed by atoms with E-state index in [1.54, 1.807) is 17.5 Å². The Morgan fingerprint density at radius 2 is 1.88 bits per heavy atom. The highest BCUT2D eigenvalue weighted by molar-refractivity contribution is 14.0. The van der Waals surface area contributed by atoms with Crippen molar-refractivity contribution in [1.29, 1.82) is 0 Å². The van der Waals surface area contributed by atoms with Crippen LogP contribution in [0, 0.1) is 6.92 Å². The average molecular weight is 567 g/mol. The quantitative estimate of drug-likeness (QED) is 0.197. The molecule has 7 nitrogen and oxygen atoms in total. The lowest BCUT2D eigenvalue weighted by molar-refractivity contribution is 0.300. The van der Waals surface area contributed by atoms with Crippen LogP contribution in [-0.2, 0) is 13.1 Å². The number of rotatable bonds is 10. The number of guanidine groups is 1. The third kappa shape index (κ3) is 7.94. The molecule has 2 heterocycles. The van der Waals surface area contributed by atoms with Gasteiger partial charge in [-0.3, -0.25) is 0 Å². The smallest absolute Gasteiger partial charge is 0.224 e. The monoisotopic (exact) mass is 567 g/mol. The van der Waals surface area contributed by atoms with Gasteiger partial charge in [0.05, 0.1) is 19.7 Å². The number of pyridine rings is 1. The van der Waals surface area contributed by atoms with Gasteiger partial charge in [0.2, 0.25) is 5.88 Å². The second-order valence-electron chi connectivity index (χ2n) is 6.78. The molecule has 0 saturated carbocycles. The minimum atomic E-state index is 0. The molecule has 0 aliphatic heterocycles. The Labute approximate surface area is 210 Å². The molecule has 2 aromatic heterocycles. The first kappa shape index (κ1) is 25.9. The molecule has 32 heavy (non-hydrogen) atoms. The van der Waals surface area contributed by atoms with Crippen molar-refractivity contribution in [2.24, 2.45) is 4.99 Å². The Kier molecular flexibility index (Phi) is 11.2. The molecule has 1 aromatic carbocycles. The minimum Gasteiger partial charge on any atom is -0.490 e. The maximum Gasteiger partial charge on any atom is 0.224 e. The molecule has 0 fully saturated rings. The zero-order valence-corrected chi connectivity index (χ0v) is 21.8. The van der Waals surface area contributed by atoms with Crippen molar-refractivity contribution in [3.05, 3.63) is 64.2 Å². The van der Waals surface area contributed by atoms with Crippen LogP contribution in [0.5, 0.6) is 17.4 Å². The summed E-state index contributed by atoms with van der Waals surface area (Å²) in [6, 6.07) is 11.5. The lowest BCUT2D eigenvalue weighted by Gasteiger charge is -2.14. The van der Waals surface area contributed by atoms with Crippen LogP contribution in [-0.4, -0.2) is 29.1 Å². The van der Waals surface area contributed by atoms with E-state index in [0.29, 0.717) is 37.1 Å². The Morgan fingerprint density at radius 1 is 1.06 bits per heavy atom. The SMILES string of the molecule is CCCOc1ccccc1Oc1ncccc1CN=C(NCC)NCc1ncc(C)s1.I. The minimum absolute atomic E-state index is 0. The number of ether oxygens (including phenoxy) is 2. The number of aryl methyl sites for hydroxylation is 1. The summed E-state index contributed by atoms with van der Waals surface area (Å²) in [6.45, 7) is 8.62. The zero-order valence-electron chi connectivity index (χ0n) is 18.6. The van der Waals surface area contributed by atoms with E-state index in [1.165, 1.54) is 4.88 Å². The van der Waals surface area contributed by atoms with E-state index in [0.717, 1.165) is 29.5 Å². The second-order valence-corrected chi connectivity index (χ2v) is 8.10. The predicted molar refractivity (Wildman–Crippen MR) is 140 cm³/mol. The number of hydrogen-bond acceptors (Lipinski definition) is 6. The number of hydrogen-bond donors (Lipinski definition) is 2. The van der Waals surface area contributed by atoms with E-state index in [4.69, 9.17) is 14.5 Å². The normalized spacial score (nSPS) is 10.9. The van der Waals surface area contributed by atoms with Gasteiger partial charge in [0.25, 0.3) is 0 Å². The molecule has 2 N–H and O–H groups in total. The first-order valence-corrected chi connectivity index (χ1v) is 11.3. The van der Waals surface area contributed by atoms with Crippen molar-refractivity contribution >= 4 is 41.3 Å². The first-order chi connectivity index (χ1) is 15.2. The molecule has 3 rings (SSSR count). The summed E-state index contributed by atoms with van der Waals surface area (Å²) >= 11 is 1.67. The largest absolute Gasteiger partial charge is 0.490 e. The zero-order chi connectivity index (χ0) is 21.9. The van der Waals surface area contributed by atoms with Gasteiger partial charge in [0.1, 0.15) is 5.01 Å². The number of nitrogens with one attached hydrogen (secondary N) is 2. The molecule has 3 aromatic rings. The summed E-state index contributed by atoms with van der Waals surface area (Å²) in [5.74, 6) is 2.59. The number of aromatic nitrogens is 2. The molecular formula is C23H30IN5O2S. The van der Waals surface area contributed by atoms with Crippen LogP contribution in [0.4, 0.5) is 0 Å². The van der Waals surface area contributed by atoms with Gasteiger partial charge in [-0.05, 0) is 38.5 Å². The summed E-state index contributed by atoms with van der Waals surface area (Å²) in [5, 5.41) is 7.62. The first-order valence-electron chi connectivity index (χ1n) is 10.5. The fraction of sp³-hybridized carbons (Fsp3) is 0.348. The second kappa shape index (κ2) is 13.9. The number of aliphatic imine (C=N–C) groups is 1. The van der Waals surface area contributed by atoms with Crippen LogP contribution < -0.4 is 20.1 Å². The standard InChI is InChI=1S/C23H29N5O2S.HI/c1-4-13-29-19-10-6-7-11-20(19)30-22-18(9-8-12-25-22)15-27-23(24-5-2)28-16-21-26-14-17(3)31-21;/h6-12,14H,4-5,13,15-16H2,1-3H3,(H2,24,27,28);1H. The fourth-order valence-electron chi connectivity index (χ4n) is 2.75. The Morgan fingerprint density at radius 3 is 2.59 bits per heavy atom. The van der Waals surface area contributed by atoms with Crippen LogP contribution in [0.2, 0.25) is 0 Å². The summed E-state index contributed by atoms with van der Waals surface area (Å²) in [4.78, 5) is 14.7. The van der Waals surface area contributed by atoms with E-state index in [-0.39, 0.29) is 24.0 Å². The molecule has 0 aliphatic carbocycles. The number of nitrogens with zero attached hydrogens (tertiary/aromatic N) is 3. The van der Waals surface area contributed by atoms with E-state index in [1.807, 2.05) is 49.5 Å². The Balaban J connectivity index is 0.00000363. The van der Waals surface area contributed by atoms with Crippen molar-refractivity contribution < 1.29 is 9.47 Å². The molecule has 0 saturated heterocycles. The summed E-state index contributed by atoms with van der Waals surface area (Å²) in [5.41, 5.74) is 0.884. The molecule has 0 atom stereocenters. The van der Waals surface area contributed by atoms with Gasteiger partial charge in [0.15, 0.2) is 17.5 Å². The van der Waals surface area contributed by atoms with Gasteiger partial charge in [-0.2, -0.15) is 0 Å². The van der Waals surface area contributed by atoms with Crippen molar-refractivity contribution in [2.75, 3.05) is 13.2 Å². The Hall–Kier alpha value is -2.40. The van der Waals surface area contributed by atoms with Crippen molar-refractivity contribution in [3.8, 4) is 17.4 Å². The van der Waals surface area contributed by atoms with Crippen LogP contribution in [0.1, 0.15) is 35.7 Å². The lowest BCUT2D eigenvalue weighted by Crippen LogP contribution is -2.36. The maximum absolute atomic E-state index is 6.11. The van der Waals surface area contributed by atoms with Crippen LogP contribution >= 0.6 is 35.3 Å². The molecule has 172 valence electrons. The molecular weight excluding hydrogens is 537 g/mol. The average Bonchev–Trinajstić information content (AvgIpc) is 3.21. The molecule has 0 radical (unpaired) electrons. The van der Waals surface area contributed by atoms with E-state index >= 15 is 0 Å². The topological polar surface area (TPSA) is 80.7 Å². The third-order valence-corrected chi connectivity index (χ3v) is 5.11. The maximum atomic E-state index is 6.11. The highest BCUT2D eigenvalue weighted by Gasteiger charge is 2.11. The molecule has 0 unspecified atom stereocenters. The van der Waals surface area contributed by atoms with Crippen LogP contribution in [0.25, 0.3) is 0 Å². The van der Waals surface area contributed by atoms with E-state index in [2.05, 4.69) is 34.4 Å². The van der Waals surface area contributed by atoms with Gasteiger partial charge < -0.3 is 20.1 Å². The van der Waals surface area contributed by atoms with Gasteiger partial charge in [-0.25, -0.2) is 15.0 Å². The molecule has 9 heteroatoms. The molecule has 0 amide bonds. The molecule has 0 aliphatic rings. The van der Waals surface area contributed by atoms with E-state index in [9.17, 15) is 0 Å². The number of para-hydroxylation sites is 2. The van der Waals surface area contributed by atoms with Gasteiger partial charge in [-0.1, -0.05) is 25.1 Å². The van der Waals surface area contributed by atoms with Gasteiger partial charge >= 0.3 is 0 Å². The lowest BCUT2D eigenvalue weighted by atomic mass is 10.2. The van der Waals surface area contributed by atoms with Crippen molar-refractivity contribution in [1.82, 2.24) is 20.6 Å². The van der Waals surface area contributed by atoms with Crippen molar-refractivity contribution in [3.63, 3.8) is 0 Å². The van der Waals surface area contributed by atoms with E-state index < -0.39 is 0 Å². The number of benzene rings is 1. The molecule has 0 spiro atoms. The number of thiazole rings is 1. The third-order valence-electron chi connectivity index (χ3n) is 4.20. The van der Waals surface area contributed by atoms with Gasteiger partial charge in [0, 0.05) is 29.4 Å². The molecule has 0 bridgehead atoms. The summed E-state index contributed by atoms with van der Waals surface area (Å²) in [7, 11) is 0. The summed E-state index contributed by atoms with van der Waals surface area (Å²) < 4.78 is 11.9.